The third kappa shape index (κ3) is 1.96. The molecule has 74 valence electrons. The molecule has 0 aromatic carbocycles. The molecule has 0 radical (unpaired) electrons. The number of hydrogen-bond donors (Lipinski definition) is 2. The lowest BCUT2D eigenvalue weighted by molar-refractivity contribution is 0.0697. The molecule has 5 heteroatoms. The predicted molar refractivity (Wildman–Crippen MR) is 52.9 cm³/mol. The van der Waals surface area contributed by atoms with Gasteiger partial charge in [0.2, 0.25) is 0 Å². The van der Waals surface area contributed by atoms with E-state index in [1.165, 1.54) is 6.20 Å². The second kappa shape index (κ2) is 3.46. The van der Waals surface area contributed by atoms with Gasteiger partial charge in [-0.05, 0) is 18.9 Å². The van der Waals surface area contributed by atoms with Crippen LogP contribution in [0.3, 0.4) is 0 Å². The van der Waals surface area contributed by atoms with Crippen LogP contribution in [0.25, 0.3) is 0 Å². The largest absolute Gasteiger partial charge is 0.478 e. The van der Waals surface area contributed by atoms with Gasteiger partial charge < -0.3 is 10.4 Å². The van der Waals surface area contributed by atoms with Gasteiger partial charge in [-0.1, -0.05) is 11.6 Å². The fourth-order valence-electron chi connectivity index (χ4n) is 1.17. The summed E-state index contributed by atoms with van der Waals surface area (Å²) in [5.41, 5.74) is 0.723. The van der Waals surface area contributed by atoms with Gasteiger partial charge in [-0.2, -0.15) is 0 Å². The molecule has 1 heterocycles. The average molecular weight is 213 g/mol. The van der Waals surface area contributed by atoms with E-state index in [9.17, 15) is 4.79 Å². The first kappa shape index (κ1) is 9.27. The molecule has 1 aliphatic carbocycles. The van der Waals surface area contributed by atoms with Crippen LogP contribution in [-0.2, 0) is 0 Å². The SMILES string of the molecule is O=C(O)c1cnc(Cl)cc1NC1CC1. The van der Waals surface area contributed by atoms with Gasteiger partial charge in [0.1, 0.15) is 10.7 Å². The highest BCUT2D eigenvalue weighted by molar-refractivity contribution is 6.29. The Labute approximate surface area is 85.9 Å². The molecule has 2 rings (SSSR count). The monoisotopic (exact) mass is 212 g/mol. The minimum absolute atomic E-state index is 0.168. The van der Waals surface area contributed by atoms with Crippen LogP contribution in [-0.4, -0.2) is 22.1 Å². The standard InChI is InChI=1S/C9H9ClN2O2/c10-8-3-7(12-5-1-2-5)6(4-11-8)9(13)14/h3-5H,1-2H2,(H,11,12)(H,13,14). The summed E-state index contributed by atoms with van der Waals surface area (Å²) >= 11 is 5.68. The van der Waals surface area contributed by atoms with E-state index in [-0.39, 0.29) is 5.56 Å². The molecule has 1 aliphatic rings. The Morgan fingerprint density at radius 3 is 2.93 bits per heavy atom. The first-order valence-electron chi connectivity index (χ1n) is 4.32. The third-order valence-corrected chi connectivity index (χ3v) is 2.24. The third-order valence-electron chi connectivity index (χ3n) is 2.04. The van der Waals surface area contributed by atoms with Crippen LogP contribution in [0.2, 0.25) is 5.15 Å². The lowest BCUT2D eigenvalue weighted by Crippen LogP contribution is -2.08. The Hall–Kier alpha value is -1.29. The highest BCUT2D eigenvalue weighted by Gasteiger charge is 2.23. The van der Waals surface area contributed by atoms with E-state index in [1.54, 1.807) is 6.07 Å². The first-order chi connectivity index (χ1) is 6.66. The van der Waals surface area contributed by atoms with Gasteiger partial charge >= 0.3 is 5.97 Å². The summed E-state index contributed by atoms with van der Waals surface area (Å²) in [7, 11) is 0. The summed E-state index contributed by atoms with van der Waals surface area (Å²) in [6.45, 7) is 0. The van der Waals surface area contributed by atoms with Crippen LogP contribution >= 0.6 is 11.6 Å². The Bertz CT molecular complexity index is 377. The summed E-state index contributed by atoms with van der Waals surface area (Å²) in [4.78, 5) is 14.5. The van der Waals surface area contributed by atoms with Crippen LogP contribution in [0.4, 0.5) is 5.69 Å². The zero-order valence-corrected chi connectivity index (χ0v) is 8.08. The summed E-state index contributed by atoms with van der Waals surface area (Å²) in [6, 6.07) is 1.94. The summed E-state index contributed by atoms with van der Waals surface area (Å²) in [6.07, 6.45) is 3.44. The van der Waals surface area contributed by atoms with Crippen molar-refractivity contribution in [1.29, 1.82) is 0 Å². The van der Waals surface area contributed by atoms with Crippen LogP contribution in [0.15, 0.2) is 12.3 Å². The van der Waals surface area contributed by atoms with Crippen molar-refractivity contribution in [2.24, 2.45) is 0 Å². The number of carboxylic acids is 1. The normalized spacial score (nSPS) is 15.2. The minimum atomic E-state index is -0.989. The maximum Gasteiger partial charge on any atom is 0.339 e. The second-order valence-electron chi connectivity index (χ2n) is 3.28. The van der Waals surface area contributed by atoms with E-state index in [4.69, 9.17) is 16.7 Å². The molecule has 4 nitrogen and oxygen atoms in total. The maximum absolute atomic E-state index is 10.8. The molecular weight excluding hydrogens is 204 g/mol. The minimum Gasteiger partial charge on any atom is -0.478 e. The van der Waals surface area contributed by atoms with Crippen molar-refractivity contribution in [3.05, 3.63) is 23.0 Å². The number of rotatable bonds is 3. The van der Waals surface area contributed by atoms with Crippen molar-refractivity contribution in [3.8, 4) is 0 Å². The van der Waals surface area contributed by atoms with Gasteiger partial charge in [-0.3, -0.25) is 0 Å². The Balaban J connectivity index is 2.31. The van der Waals surface area contributed by atoms with Crippen molar-refractivity contribution in [1.82, 2.24) is 4.98 Å². The molecule has 0 bridgehead atoms. The Morgan fingerprint density at radius 2 is 2.36 bits per heavy atom. The second-order valence-corrected chi connectivity index (χ2v) is 3.66. The molecule has 0 saturated heterocycles. The maximum atomic E-state index is 10.8. The molecule has 1 aromatic heterocycles. The van der Waals surface area contributed by atoms with E-state index in [0.717, 1.165) is 12.8 Å². The molecule has 0 amide bonds. The van der Waals surface area contributed by atoms with Crippen LogP contribution in [0.5, 0.6) is 0 Å². The van der Waals surface area contributed by atoms with Gasteiger partial charge in [-0.25, -0.2) is 9.78 Å². The number of pyridine rings is 1. The number of halogens is 1. The number of nitrogens with one attached hydrogen (secondary N) is 1. The van der Waals surface area contributed by atoms with Crippen LogP contribution in [0.1, 0.15) is 23.2 Å². The predicted octanol–water partition coefficient (Wildman–Crippen LogP) is 2.01. The number of anilines is 1. The first-order valence-corrected chi connectivity index (χ1v) is 4.70. The van der Waals surface area contributed by atoms with Crippen LogP contribution < -0.4 is 5.32 Å². The molecular formula is C9H9ClN2O2. The lowest BCUT2D eigenvalue weighted by Gasteiger charge is -2.07. The molecule has 0 spiro atoms. The molecule has 0 aliphatic heterocycles. The number of hydrogen-bond acceptors (Lipinski definition) is 3. The summed E-state index contributed by atoms with van der Waals surface area (Å²) < 4.78 is 0. The van der Waals surface area contributed by atoms with Crippen molar-refractivity contribution < 1.29 is 9.90 Å². The highest BCUT2D eigenvalue weighted by Crippen LogP contribution is 2.27. The number of carbonyl (C=O) groups is 1. The molecule has 1 aromatic rings. The smallest absolute Gasteiger partial charge is 0.339 e. The van der Waals surface area contributed by atoms with Crippen molar-refractivity contribution in [2.45, 2.75) is 18.9 Å². The van der Waals surface area contributed by atoms with E-state index >= 15 is 0 Å². The van der Waals surface area contributed by atoms with Crippen molar-refractivity contribution in [2.75, 3.05) is 5.32 Å². The molecule has 0 atom stereocenters. The van der Waals surface area contributed by atoms with E-state index < -0.39 is 5.97 Å². The van der Waals surface area contributed by atoms with Crippen LogP contribution in [0, 0.1) is 0 Å². The zero-order valence-electron chi connectivity index (χ0n) is 7.33. The molecule has 0 unspecified atom stereocenters. The topological polar surface area (TPSA) is 62.2 Å². The number of nitrogens with zero attached hydrogens (tertiary/aromatic N) is 1. The van der Waals surface area contributed by atoms with Crippen molar-refractivity contribution >= 4 is 23.3 Å². The Kier molecular flexibility index (Phi) is 2.29. The number of aromatic nitrogens is 1. The average Bonchev–Trinajstić information content (AvgIpc) is 2.87. The zero-order chi connectivity index (χ0) is 10.1. The fourth-order valence-corrected chi connectivity index (χ4v) is 1.33. The van der Waals surface area contributed by atoms with E-state index in [2.05, 4.69) is 10.3 Å². The van der Waals surface area contributed by atoms with Crippen molar-refractivity contribution in [3.63, 3.8) is 0 Å². The molecule has 2 N–H and O–H groups in total. The van der Waals surface area contributed by atoms with Gasteiger partial charge in [0, 0.05) is 12.2 Å². The van der Waals surface area contributed by atoms with E-state index in [1.807, 2.05) is 0 Å². The molecule has 1 saturated carbocycles. The quantitative estimate of drug-likeness (QED) is 0.753. The van der Waals surface area contributed by atoms with Gasteiger partial charge in [0.05, 0.1) is 5.69 Å². The summed E-state index contributed by atoms with van der Waals surface area (Å²) in [5.74, 6) is -0.989. The van der Waals surface area contributed by atoms with Gasteiger partial charge in [0.15, 0.2) is 0 Å². The lowest BCUT2D eigenvalue weighted by atomic mass is 10.2. The van der Waals surface area contributed by atoms with Gasteiger partial charge in [0.25, 0.3) is 0 Å². The molecule has 1 fully saturated rings. The number of aromatic carboxylic acids is 1. The van der Waals surface area contributed by atoms with E-state index in [0.29, 0.717) is 16.9 Å². The highest BCUT2D eigenvalue weighted by atomic mass is 35.5. The Morgan fingerprint density at radius 1 is 1.64 bits per heavy atom. The number of carboxylic acid groups (broad SMARTS) is 1. The fraction of sp³-hybridized carbons (Fsp3) is 0.333. The molecule has 14 heavy (non-hydrogen) atoms. The van der Waals surface area contributed by atoms with Gasteiger partial charge in [-0.15, -0.1) is 0 Å². The summed E-state index contributed by atoms with van der Waals surface area (Å²) in [5, 5.41) is 12.3.